The molecule has 1 N–H and O–H groups in total. The van der Waals surface area contributed by atoms with E-state index in [4.69, 9.17) is 11.7 Å². The lowest BCUT2D eigenvalue weighted by molar-refractivity contribution is -0.385. The molecular weight excluding hydrogens is 232 g/mol. The van der Waals surface area contributed by atoms with Crippen molar-refractivity contribution < 1.29 is 4.92 Å². The van der Waals surface area contributed by atoms with Crippen LogP contribution >= 0.6 is 0 Å². The van der Waals surface area contributed by atoms with E-state index in [1.807, 2.05) is 6.92 Å². The summed E-state index contributed by atoms with van der Waals surface area (Å²) in [7, 11) is 0. The van der Waals surface area contributed by atoms with Crippen molar-refractivity contribution in [3.05, 3.63) is 27.9 Å². The fourth-order valence-corrected chi connectivity index (χ4v) is 1.43. The maximum Gasteiger partial charge on any atom is 0.305 e. The molecule has 18 heavy (non-hydrogen) atoms. The molecule has 1 rings (SSSR count). The molecule has 1 atom stereocenters. The third-order valence-electron chi connectivity index (χ3n) is 2.28. The van der Waals surface area contributed by atoms with Gasteiger partial charge in [0.1, 0.15) is 11.9 Å². The lowest BCUT2D eigenvalue weighted by Crippen LogP contribution is -2.17. The number of anilines is 1. The predicted octanol–water partition coefficient (Wildman–Crippen LogP) is 2.08. The molecule has 1 aromatic heterocycles. The number of rotatable bonds is 5. The molecule has 0 aliphatic carbocycles. The molecule has 1 heterocycles. The Morgan fingerprint density at radius 3 is 2.89 bits per heavy atom. The van der Waals surface area contributed by atoms with Crippen LogP contribution in [0.1, 0.15) is 25.5 Å². The van der Waals surface area contributed by atoms with Crippen LogP contribution < -0.4 is 5.32 Å². The largest absolute Gasteiger partial charge is 0.356 e. The molecule has 0 aliphatic rings. The van der Waals surface area contributed by atoms with E-state index in [0.29, 0.717) is 5.82 Å². The topological polar surface area (TPSA) is 91.9 Å². The van der Waals surface area contributed by atoms with Crippen LogP contribution in [-0.4, -0.2) is 15.9 Å². The Morgan fingerprint density at radius 1 is 1.67 bits per heavy atom. The van der Waals surface area contributed by atoms with Gasteiger partial charge in [0.2, 0.25) is 5.69 Å². The minimum absolute atomic E-state index is 0.199. The Labute approximate surface area is 105 Å². The van der Waals surface area contributed by atoms with Gasteiger partial charge in [0, 0.05) is 6.07 Å². The van der Waals surface area contributed by atoms with Gasteiger partial charge in [-0.2, -0.15) is 5.26 Å². The number of hydrogen-bond donors (Lipinski definition) is 1. The molecule has 0 saturated heterocycles. The third kappa shape index (κ3) is 3.19. The number of pyridine rings is 1. The van der Waals surface area contributed by atoms with Gasteiger partial charge in [-0.15, -0.1) is 6.42 Å². The van der Waals surface area contributed by atoms with Crippen molar-refractivity contribution in [2.45, 2.75) is 25.8 Å². The predicted molar refractivity (Wildman–Crippen MR) is 66.8 cm³/mol. The number of nitrogens with one attached hydrogen (secondary N) is 1. The van der Waals surface area contributed by atoms with Gasteiger partial charge in [-0.25, -0.2) is 4.98 Å². The van der Waals surface area contributed by atoms with Crippen molar-refractivity contribution in [1.82, 2.24) is 4.98 Å². The molecule has 0 radical (unpaired) electrons. The van der Waals surface area contributed by atoms with Gasteiger partial charge in [0.25, 0.3) is 0 Å². The van der Waals surface area contributed by atoms with E-state index in [-0.39, 0.29) is 17.4 Å². The summed E-state index contributed by atoms with van der Waals surface area (Å²) in [6.07, 6.45) is 7.01. The van der Waals surface area contributed by atoms with Crippen molar-refractivity contribution in [3.8, 4) is 18.4 Å². The number of hydrogen-bond acceptors (Lipinski definition) is 5. The number of terminal acetylenes is 1. The summed E-state index contributed by atoms with van der Waals surface area (Å²) < 4.78 is 0. The zero-order valence-corrected chi connectivity index (χ0v) is 9.88. The average Bonchev–Trinajstić information content (AvgIpc) is 2.37. The summed E-state index contributed by atoms with van der Waals surface area (Å²) in [5.74, 6) is 2.93. The van der Waals surface area contributed by atoms with E-state index in [0.717, 1.165) is 12.8 Å². The molecule has 1 aromatic rings. The second kappa shape index (κ2) is 6.21. The molecule has 0 aliphatic heterocycles. The number of aromatic nitrogens is 1. The first-order valence-corrected chi connectivity index (χ1v) is 5.40. The lowest BCUT2D eigenvalue weighted by atomic mass is 10.2. The molecule has 0 aromatic carbocycles. The highest BCUT2D eigenvalue weighted by molar-refractivity contribution is 5.51. The smallest absolute Gasteiger partial charge is 0.305 e. The van der Waals surface area contributed by atoms with E-state index < -0.39 is 4.92 Å². The molecule has 0 spiro atoms. The Balaban J connectivity index is 2.97. The van der Waals surface area contributed by atoms with Gasteiger partial charge in [0.05, 0.1) is 11.0 Å². The van der Waals surface area contributed by atoms with E-state index >= 15 is 0 Å². The molecule has 0 amide bonds. The van der Waals surface area contributed by atoms with E-state index in [2.05, 4.69) is 16.2 Å². The highest BCUT2D eigenvalue weighted by atomic mass is 16.6. The Hall–Kier alpha value is -2.60. The van der Waals surface area contributed by atoms with E-state index in [9.17, 15) is 10.1 Å². The summed E-state index contributed by atoms with van der Waals surface area (Å²) in [5, 5.41) is 22.4. The van der Waals surface area contributed by atoms with Gasteiger partial charge in [-0.3, -0.25) is 10.1 Å². The minimum Gasteiger partial charge on any atom is -0.356 e. The van der Waals surface area contributed by atoms with Gasteiger partial charge >= 0.3 is 5.69 Å². The summed E-state index contributed by atoms with van der Waals surface area (Å²) >= 11 is 0. The zero-order chi connectivity index (χ0) is 13.5. The first kappa shape index (κ1) is 13.5. The van der Waals surface area contributed by atoms with Crippen LogP contribution in [0.5, 0.6) is 0 Å². The van der Waals surface area contributed by atoms with Gasteiger partial charge in [-0.05, 0) is 12.5 Å². The summed E-state index contributed by atoms with van der Waals surface area (Å²) in [6.45, 7) is 2.00. The second-order valence-corrected chi connectivity index (χ2v) is 3.59. The third-order valence-corrected chi connectivity index (χ3v) is 2.28. The maximum atomic E-state index is 10.6. The van der Waals surface area contributed by atoms with Crippen LogP contribution in [0, 0.1) is 33.8 Å². The Bertz CT molecular complexity index is 528. The minimum atomic E-state index is -0.639. The first-order valence-electron chi connectivity index (χ1n) is 5.40. The molecular formula is C12H12N4O2. The SMILES string of the molecule is C#CC(CCC)Nc1ccc([N+](=O)[O-])c(C#N)n1. The number of nitrogens with zero attached hydrogens (tertiary/aromatic N) is 3. The average molecular weight is 244 g/mol. The van der Waals surface area contributed by atoms with Gasteiger partial charge < -0.3 is 5.32 Å². The summed E-state index contributed by atoms with van der Waals surface area (Å²) in [6, 6.07) is 4.18. The van der Waals surface area contributed by atoms with Crippen molar-refractivity contribution in [2.24, 2.45) is 0 Å². The second-order valence-electron chi connectivity index (χ2n) is 3.59. The highest BCUT2D eigenvalue weighted by Crippen LogP contribution is 2.18. The van der Waals surface area contributed by atoms with Gasteiger partial charge in [0.15, 0.2) is 0 Å². The van der Waals surface area contributed by atoms with Crippen molar-refractivity contribution >= 4 is 11.5 Å². The van der Waals surface area contributed by atoms with Crippen LogP contribution in [0.15, 0.2) is 12.1 Å². The van der Waals surface area contributed by atoms with Crippen molar-refractivity contribution in [3.63, 3.8) is 0 Å². The standard InChI is InChI=1S/C12H12N4O2/c1-3-5-9(4-2)14-12-7-6-11(16(17)18)10(8-13)15-12/h2,6-7,9H,3,5H2,1H3,(H,14,15). The fourth-order valence-electron chi connectivity index (χ4n) is 1.43. The summed E-state index contributed by atoms with van der Waals surface area (Å²) in [4.78, 5) is 13.9. The number of nitro groups is 1. The van der Waals surface area contributed by atoms with Crippen LogP contribution in [0.25, 0.3) is 0 Å². The Morgan fingerprint density at radius 2 is 2.39 bits per heavy atom. The van der Waals surface area contributed by atoms with Gasteiger partial charge in [-0.1, -0.05) is 19.3 Å². The molecule has 1 unspecified atom stereocenters. The highest BCUT2D eigenvalue weighted by Gasteiger charge is 2.16. The fraction of sp³-hybridized carbons (Fsp3) is 0.333. The maximum absolute atomic E-state index is 10.6. The van der Waals surface area contributed by atoms with E-state index in [1.54, 1.807) is 6.07 Å². The van der Waals surface area contributed by atoms with Crippen molar-refractivity contribution in [1.29, 1.82) is 5.26 Å². The van der Waals surface area contributed by atoms with Crippen LogP contribution in [0.4, 0.5) is 11.5 Å². The molecule has 6 nitrogen and oxygen atoms in total. The van der Waals surface area contributed by atoms with Crippen LogP contribution in [-0.2, 0) is 0 Å². The van der Waals surface area contributed by atoms with Crippen molar-refractivity contribution in [2.75, 3.05) is 5.32 Å². The molecule has 92 valence electrons. The molecule has 0 saturated carbocycles. The molecule has 0 bridgehead atoms. The summed E-state index contributed by atoms with van der Waals surface area (Å²) in [5.41, 5.74) is -0.534. The molecule has 6 heteroatoms. The Kier molecular flexibility index (Phi) is 4.65. The lowest BCUT2D eigenvalue weighted by Gasteiger charge is -2.12. The zero-order valence-electron chi connectivity index (χ0n) is 9.88. The van der Waals surface area contributed by atoms with Crippen LogP contribution in [0.2, 0.25) is 0 Å². The molecule has 0 fully saturated rings. The van der Waals surface area contributed by atoms with E-state index in [1.165, 1.54) is 12.1 Å². The quantitative estimate of drug-likeness (QED) is 0.486. The first-order chi connectivity index (χ1) is 8.62. The van der Waals surface area contributed by atoms with Crippen LogP contribution in [0.3, 0.4) is 0 Å². The number of nitriles is 1. The normalized spacial score (nSPS) is 11.1. The monoisotopic (exact) mass is 244 g/mol.